The Morgan fingerprint density at radius 2 is 2.29 bits per heavy atom. The molecule has 6 nitrogen and oxygen atoms in total. The second kappa shape index (κ2) is 4.68. The van der Waals surface area contributed by atoms with Crippen LogP contribution in [0.25, 0.3) is 0 Å². The molecular weight excluding hydrogens is 222 g/mol. The Morgan fingerprint density at radius 3 is 2.88 bits per heavy atom. The SMILES string of the molecule is Cn1cc(NC(=O)C2COCC2N)ccc1=O. The molecule has 1 aliphatic rings. The van der Waals surface area contributed by atoms with E-state index in [1.807, 2.05) is 0 Å². The van der Waals surface area contributed by atoms with Gasteiger partial charge in [0, 0.05) is 25.4 Å². The molecule has 1 aromatic heterocycles. The van der Waals surface area contributed by atoms with Crippen molar-refractivity contribution in [2.45, 2.75) is 6.04 Å². The third-order valence-corrected chi connectivity index (χ3v) is 2.81. The van der Waals surface area contributed by atoms with Crippen LogP contribution >= 0.6 is 0 Å². The Kier molecular flexibility index (Phi) is 3.26. The van der Waals surface area contributed by atoms with Crippen LogP contribution in [0.3, 0.4) is 0 Å². The van der Waals surface area contributed by atoms with Crippen LogP contribution in [0.15, 0.2) is 23.1 Å². The van der Waals surface area contributed by atoms with E-state index < -0.39 is 0 Å². The number of aryl methyl sites for hydroxylation is 1. The van der Waals surface area contributed by atoms with Crippen LogP contribution in [0, 0.1) is 5.92 Å². The van der Waals surface area contributed by atoms with Gasteiger partial charge < -0.3 is 20.4 Å². The van der Waals surface area contributed by atoms with Gasteiger partial charge in [-0.1, -0.05) is 0 Å². The summed E-state index contributed by atoms with van der Waals surface area (Å²) >= 11 is 0. The first kappa shape index (κ1) is 11.8. The van der Waals surface area contributed by atoms with Crippen molar-refractivity contribution < 1.29 is 9.53 Å². The Morgan fingerprint density at radius 1 is 1.53 bits per heavy atom. The van der Waals surface area contributed by atoms with Crippen LogP contribution in [0.5, 0.6) is 0 Å². The van der Waals surface area contributed by atoms with Gasteiger partial charge in [0.1, 0.15) is 0 Å². The average molecular weight is 237 g/mol. The van der Waals surface area contributed by atoms with E-state index in [-0.39, 0.29) is 23.4 Å². The summed E-state index contributed by atoms with van der Waals surface area (Å²) in [5.74, 6) is -0.499. The molecule has 0 saturated carbocycles. The van der Waals surface area contributed by atoms with Gasteiger partial charge >= 0.3 is 0 Å². The van der Waals surface area contributed by atoms with Crippen LogP contribution in [0.2, 0.25) is 0 Å². The highest BCUT2D eigenvalue weighted by Crippen LogP contribution is 2.14. The molecule has 2 rings (SSSR count). The fourth-order valence-corrected chi connectivity index (χ4v) is 1.74. The third kappa shape index (κ3) is 2.54. The van der Waals surface area contributed by atoms with Gasteiger partial charge in [-0.25, -0.2) is 0 Å². The zero-order valence-electron chi connectivity index (χ0n) is 9.55. The van der Waals surface area contributed by atoms with E-state index in [4.69, 9.17) is 10.5 Å². The number of aromatic nitrogens is 1. The number of carbonyl (C=O) groups is 1. The van der Waals surface area contributed by atoms with Crippen LogP contribution in [0.4, 0.5) is 5.69 Å². The lowest BCUT2D eigenvalue weighted by Crippen LogP contribution is -2.37. The molecule has 0 aromatic carbocycles. The quantitative estimate of drug-likeness (QED) is 0.712. The molecule has 0 spiro atoms. The normalized spacial score (nSPS) is 23.6. The maximum atomic E-state index is 11.9. The first-order valence-corrected chi connectivity index (χ1v) is 5.39. The van der Waals surface area contributed by atoms with Crippen LogP contribution in [0.1, 0.15) is 0 Å². The second-order valence-electron chi connectivity index (χ2n) is 4.16. The molecule has 2 unspecified atom stereocenters. The van der Waals surface area contributed by atoms with Crippen LogP contribution in [-0.4, -0.2) is 29.7 Å². The molecule has 0 bridgehead atoms. The lowest BCUT2D eigenvalue weighted by Gasteiger charge is -2.13. The first-order valence-electron chi connectivity index (χ1n) is 5.39. The summed E-state index contributed by atoms with van der Waals surface area (Å²) in [5.41, 5.74) is 6.20. The number of pyridine rings is 1. The van der Waals surface area contributed by atoms with Crippen molar-refractivity contribution in [3.05, 3.63) is 28.7 Å². The highest BCUT2D eigenvalue weighted by atomic mass is 16.5. The third-order valence-electron chi connectivity index (χ3n) is 2.81. The second-order valence-corrected chi connectivity index (χ2v) is 4.16. The number of ether oxygens (including phenoxy) is 1. The number of hydrogen-bond donors (Lipinski definition) is 2. The van der Waals surface area contributed by atoms with E-state index in [1.54, 1.807) is 19.3 Å². The Bertz CT molecular complexity index is 483. The van der Waals surface area contributed by atoms with E-state index in [1.165, 1.54) is 10.6 Å². The zero-order chi connectivity index (χ0) is 12.4. The van der Waals surface area contributed by atoms with E-state index >= 15 is 0 Å². The molecule has 1 fully saturated rings. The number of hydrogen-bond acceptors (Lipinski definition) is 4. The molecule has 0 radical (unpaired) electrons. The molecule has 3 N–H and O–H groups in total. The molecule has 6 heteroatoms. The maximum Gasteiger partial charge on any atom is 0.250 e. The minimum absolute atomic E-state index is 0.121. The standard InChI is InChI=1S/C11H15N3O3/c1-14-4-7(2-3-10(14)15)13-11(16)8-5-17-6-9(8)12/h2-4,8-9H,5-6,12H2,1H3,(H,13,16). The molecule has 92 valence electrons. The highest BCUT2D eigenvalue weighted by Gasteiger charge is 2.31. The summed E-state index contributed by atoms with van der Waals surface area (Å²) in [7, 11) is 1.63. The largest absolute Gasteiger partial charge is 0.379 e. The average Bonchev–Trinajstić information content (AvgIpc) is 2.70. The number of nitrogens with one attached hydrogen (secondary N) is 1. The maximum absolute atomic E-state index is 11.9. The van der Waals surface area contributed by atoms with E-state index in [0.29, 0.717) is 18.9 Å². The first-order chi connectivity index (χ1) is 8.08. The van der Waals surface area contributed by atoms with E-state index in [9.17, 15) is 9.59 Å². The van der Waals surface area contributed by atoms with Gasteiger partial charge in [0.2, 0.25) is 11.5 Å². The number of rotatable bonds is 2. The summed E-state index contributed by atoms with van der Waals surface area (Å²) in [6, 6.07) is 2.71. The fraction of sp³-hybridized carbons (Fsp3) is 0.455. The van der Waals surface area contributed by atoms with Gasteiger partial charge in [-0.3, -0.25) is 9.59 Å². The Hall–Kier alpha value is -1.66. The van der Waals surface area contributed by atoms with Crippen molar-refractivity contribution in [2.24, 2.45) is 18.7 Å². The predicted octanol–water partition coefficient (Wildman–Crippen LogP) is -0.702. The van der Waals surface area contributed by atoms with Crippen molar-refractivity contribution in [3.8, 4) is 0 Å². The van der Waals surface area contributed by atoms with Crippen molar-refractivity contribution in [1.29, 1.82) is 0 Å². The van der Waals surface area contributed by atoms with Crippen molar-refractivity contribution in [2.75, 3.05) is 18.5 Å². The predicted molar refractivity (Wildman–Crippen MR) is 62.6 cm³/mol. The molecule has 1 saturated heterocycles. The van der Waals surface area contributed by atoms with Gasteiger partial charge in [-0.2, -0.15) is 0 Å². The summed E-state index contributed by atoms with van der Waals surface area (Å²) in [6.45, 7) is 0.754. The van der Waals surface area contributed by atoms with E-state index in [2.05, 4.69) is 5.32 Å². The van der Waals surface area contributed by atoms with Crippen molar-refractivity contribution in [1.82, 2.24) is 4.57 Å². The smallest absolute Gasteiger partial charge is 0.250 e. The van der Waals surface area contributed by atoms with E-state index in [0.717, 1.165) is 0 Å². The van der Waals surface area contributed by atoms with Gasteiger partial charge in [0.25, 0.3) is 0 Å². The fourth-order valence-electron chi connectivity index (χ4n) is 1.74. The summed E-state index contributed by atoms with van der Waals surface area (Å²) in [4.78, 5) is 23.0. The Balaban J connectivity index is 2.07. The molecule has 2 heterocycles. The molecule has 0 aliphatic carbocycles. The number of nitrogens with zero attached hydrogens (tertiary/aromatic N) is 1. The lowest BCUT2D eigenvalue weighted by atomic mass is 10.0. The monoisotopic (exact) mass is 237 g/mol. The van der Waals surface area contributed by atoms with Gasteiger partial charge in [-0.15, -0.1) is 0 Å². The Labute approximate surface area is 98.4 Å². The van der Waals surface area contributed by atoms with Crippen LogP contribution in [-0.2, 0) is 16.6 Å². The molecule has 2 atom stereocenters. The summed E-state index contributed by atoms with van der Waals surface area (Å²) in [6.07, 6.45) is 1.57. The molecule has 1 amide bonds. The summed E-state index contributed by atoms with van der Waals surface area (Å²) < 4.78 is 6.53. The van der Waals surface area contributed by atoms with Gasteiger partial charge in [-0.05, 0) is 6.07 Å². The number of nitrogens with two attached hydrogens (primary N) is 1. The molecule has 17 heavy (non-hydrogen) atoms. The number of anilines is 1. The zero-order valence-corrected chi connectivity index (χ0v) is 9.55. The lowest BCUT2D eigenvalue weighted by molar-refractivity contribution is -0.120. The number of carbonyl (C=O) groups excluding carboxylic acids is 1. The molecule has 1 aromatic rings. The van der Waals surface area contributed by atoms with Crippen LogP contribution < -0.4 is 16.6 Å². The topological polar surface area (TPSA) is 86.3 Å². The summed E-state index contributed by atoms with van der Waals surface area (Å²) in [5, 5.41) is 2.72. The minimum atomic E-state index is -0.327. The molecule has 1 aliphatic heterocycles. The van der Waals surface area contributed by atoms with Crippen molar-refractivity contribution in [3.63, 3.8) is 0 Å². The number of amides is 1. The highest BCUT2D eigenvalue weighted by molar-refractivity contribution is 5.93. The van der Waals surface area contributed by atoms with Crippen molar-refractivity contribution >= 4 is 11.6 Å². The van der Waals surface area contributed by atoms with Gasteiger partial charge in [0.15, 0.2) is 0 Å². The molecular formula is C11H15N3O3. The minimum Gasteiger partial charge on any atom is -0.379 e. The van der Waals surface area contributed by atoms with Gasteiger partial charge in [0.05, 0.1) is 24.8 Å².